The number of aliphatic carboxylic acids is 1. The van der Waals surface area contributed by atoms with Crippen LogP contribution in [0.3, 0.4) is 0 Å². The first kappa shape index (κ1) is 36.5. The van der Waals surface area contributed by atoms with Gasteiger partial charge in [0.25, 0.3) is 0 Å². The number of aromatic hydroxyl groups is 4. The third kappa shape index (κ3) is 8.20. The molecule has 1 saturated carbocycles. The number of carbonyl (C=O) groups is 3. The Kier molecular flexibility index (Phi) is 11.3. The van der Waals surface area contributed by atoms with E-state index in [4.69, 9.17) is 9.47 Å². The average Bonchev–Trinajstić information content (AvgIpc) is 3.06. The summed E-state index contributed by atoms with van der Waals surface area (Å²) in [5, 5.41) is 75.3. The van der Waals surface area contributed by atoms with Crippen molar-refractivity contribution in [2.75, 3.05) is 13.6 Å². The monoisotopic (exact) mass is 677 g/mol. The summed E-state index contributed by atoms with van der Waals surface area (Å²) in [7, 11) is 1.48. The van der Waals surface area contributed by atoms with Crippen molar-refractivity contribution < 1.29 is 59.6 Å². The molecule has 260 valence electrons. The zero-order valence-corrected chi connectivity index (χ0v) is 26.8. The van der Waals surface area contributed by atoms with Gasteiger partial charge in [0.2, 0.25) is 0 Å². The standard InChI is InChI=1S/C36H39NO12/c1-3-21-5-4-6-24(15-21)16-25-33(48-31(43)13-9-22-7-11-26(38)28(40)17-22)36(20-37-2,30(42)19-35(25,47)34(45)46)49-32(44)14-10-23-8-12-27(39)29(41)18-23/h4-15,17-18,25,30,33,37-42,47H,3,16,19-20H2,1-2H3,(H,45,46)/t25-,30-,33-,35-,36+/m1/s1. The molecular formula is C36H39NO12. The van der Waals surface area contributed by atoms with Gasteiger partial charge in [0.15, 0.2) is 40.3 Å². The molecule has 0 spiro atoms. The molecule has 8 N–H and O–H groups in total. The highest BCUT2D eigenvalue weighted by Crippen LogP contribution is 2.46. The summed E-state index contributed by atoms with van der Waals surface area (Å²) >= 11 is 0. The fraction of sp³-hybridized carbons (Fsp3) is 0.306. The molecule has 49 heavy (non-hydrogen) atoms. The van der Waals surface area contributed by atoms with Gasteiger partial charge in [0, 0.05) is 31.0 Å². The van der Waals surface area contributed by atoms with Gasteiger partial charge in [-0.05, 0) is 78.6 Å². The zero-order valence-electron chi connectivity index (χ0n) is 26.8. The maximum atomic E-state index is 13.4. The van der Waals surface area contributed by atoms with Crippen LogP contribution >= 0.6 is 0 Å². The number of aliphatic hydroxyl groups excluding tert-OH is 1. The Morgan fingerprint density at radius 1 is 0.857 bits per heavy atom. The van der Waals surface area contributed by atoms with Crippen LogP contribution in [0.4, 0.5) is 0 Å². The minimum Gasteiger partial charge on any atom is -0.504 e. The molecule has 0 saturated heterocycles. The average molecular weight is 678 g/mol. The normalized spacial score (nSPS) is 23.8. The quantitative estimate of drug-likeness (QED) is 0.0785. The van der Waals surface area contributed by atoms with Gasteiger partial charge < -0.3 is 50.5 Å². The molecule has 0 bridgehead atoms. The number of ether oxygens (including phenoxy) is 2. The van der Waals surface area contributed by atoms with Crippen LogP contribution < -0.4 is 5.32 Å². The molecule has 1 aliphatic rings. The van der Waals surface area contributed by atoms with E-state index < -0.39 is 65.2 Å². The second-order valence-corrected chi connectivity index (χ2v) is 11.9. The highest BCUT2D eigenvalue weighted by molar-refractivity contribution is 5.89. The summed E-state index contributed by atoms with van der Waals surface area (Å²) < 4.78 is 11.7. The number of phenolic OH excluding ortho intramolecular Hbond substituents is 4. The fourth-order valence-corrected chi connectivity index (χ4v) is 5.99. The summed E-state index contributed by atoms with van der Waals surface area (Å²) in [5.74, 6) is -6.87. The van der Waals surface area contributed by atoms with Gasteiger partial charge >= 0.3 is 17.9 Å². The number of esters is 2. The SMILES string of the molecule is CCc1cccc(C[C@@H]2[C@@H](OC(=O)C=Cc3ccc(O)c(O)c3)[C@@](CNC)(OC(=O)C=Cc3ccc(O)c(O)c3)[C@H](O)C[C@]2(O)C(=O)O)c1. The van der Waals surface area contributed by atoms with Crippen LogP contribution in [0.25, 0.3) is 12.2 Å². The van der Waals surface area contributed by atoms with Crippen molar-refractivity contribution >= 4 is 30.1 Å². The minimum absolute atomic E-state index is 0.164. The van der Waals surface area contributed by atoms with Gasteiger partial charge in [-0.15, -0.1) is 0 Å². The Hall–Kier alpha value is -5.37. The van der Waals surface area contributed by atoms with Crippen molar-refractivity contribution in [2.45, 2.75) is 49.6 Å². The highest BCUT2D eigenvalue weighted by Gasteiger charge is 2.66. The van der Waals surface area contributed by atoms with E-state index in [1.165, 1.54) is 55.6 Å². The Morgan fingerprint density at radius 2 is 1.43 bits per heavy atom. The minimum atomic E-state index is -2.65. The van der Waals surface area contributed by atoms with E-state index in [0.717, 1.165) is 17.7 Å². The lowest BCUT2D eigenvalue weighted by Gasteiger charge is -2.53. The van der Waals surface area contributed by atoms with E-state index in [1.54, 1.807) is 12.1 Å². The number of benzene rings is 3. The Morgan fingerprint density at radius 3 is 1.96 bits per heavy atom. The van der Waals surface area contributed by atoms with E-state index in [9.17, 15) is 50.1 Å². The number of hydrogen-bond acceptors (Lipinski definition) is 12. The molecule has 0 radical (unpaired) electrons. The summed E-state index contributed by atoms with van der Waals surface area (Å²) in [6, 6.07) is 14.8. The molecule has 0 heterocycles. The van der Waals surface area contributed by atoms with Crippen molar-refractivity contribution in [2.24, 2.45) is 5.92 Å². The van der Waals surface area contributed by atoms with Gasteiger partial charge in [-0.1, -0.05) is 43.3 Å². The second kappa shape index (κ2) is 15.2. The topological polar surface area (TPSA) is 223 Å². The molecule has 3 aromatic carbocycles. The Balaban J connectivity index is 1.80. The number of aryl methyl sites for hydroxylation is 1. The molecular weight excluding hydrogens is 638 g/mol. The number of aliphatic hydroxyl groups is 2. The lowest BCUT2D eigenvalue weighted by Crippen LogP contribution is -2.73. The summed E-state index contributed by atoms with van der Waals surface area (Å²) in [5.41, 5.74) is -2.68. The number of hydrogen-bond donors (Lipinski definition) is 8. The smallest absolute Gasteiger partial charge is 0.336 e. The third-order valence-corrected chi connectivity index (χ3v) is 8.56. The van der Waals surface area contributed by atoms with Crippen molar-refractivity contribution in [1.82, 2.24) is 5.32 Å². The van der Waals surface area contributed by atoms with Gasteiger partial charge in [-0.25, -0.2) is 14.4 Å². The predicted molar refractivity (Wildman–Crippen MR) is 176 cm³/mol. The molecule has 0 aromatic heterocycles. The van der Waals surface area contributed by atoms with Crippen LogP contribution in [-0.2, 0) is 36.7 Å². The summed E-state index contributed by atoms with van der Waals surface area (Å²) in [6.07, 6.45) is 0.537. The van der Waals surface area contributed by atoms with E-state index in [1.807, 2.05) is 19.1 Å². The number of rotatable bonds is 12. The first-order valence-electron chi connectivity index (χ1n) is 15.4. The summed E-state index contributed by atoms with van der Waals surface area (Å²) in [4.78, 5) is 39.5. The second-order valence-electron chi connectivity index (χ2n) is 11.9. The largest absolute Gasteiger partial charge is 0.504 e. The maximum Gasteiger partial charge on any atom is 0.336 e. The van der Waals surface area contributed by atoms with Crippen LogP contribution in [0.2, 0.25) is 0 Å². The third-order valence-electron chi connectivity index (χ3n) is 8.56. The molecule has 3 aromatic rings. The van der Waals surface area contributed by atoms with Crippen LogP contribution in [-0.4, -0.2) is 90.7 Å². The number of likely N-dealkylation sites (N-methyl/N-ethyl adjacent to an activating group) is 1. The van der Waals surface area contributed by atoms with E-state index in [0.29, 0.717) is 23.1 Å². The number of carboxylic acids is 1. The first-order chi connectivity index (χ1) is 23.2. The van der Waals surface area contributed by atoms with Crippen LogP contribution in [0, 0.1) is 5.92 Å². The first-order valence-corrected chi connectivity index (χ1v) is 15.4. The van der Waals surface area contributed by atoms with Crippen molar-refractivity contribution in [1.29, 1.82) is 0 Å². The lowest BCUT2D eigenvalue weighted by molar-refractivity contribution is -0.256. The van der Waals surface area contributed by atoms with Gasteiger partial charge in [0.1, 0.15) is 6.10 Å². The molecule has 13 heteroatoms. The van der Waals surface area contributed by atoms with Crippen LogP contribution in [0.1, 0.15) is 35.6 Å². The van der Waals surface area contributed by atoms with Gasteiger partial charge in [-0.2, -0.15) is 0 Å². The summed E-state index contributed by atoms with van der Waals surface area (Å²) in [6.45, 7) is 1.58. The van der Waals surface area contributed by atoms with Gasteiger partial charge in [-0.3, -0.25) is 0 Å². The van der Waals surface area contributed by atoms with Crippen molar-refractivity contribution in [3.05, 3.63) is 95.1 Å². The number of carboxylic acid groups (broad SMARTS) is 1. The van der Waals surface area contributed by atoms with Crippen LogP contribution in [0.5, 0.6) is 23.0 Å². The van der Waals surface area contributed by atoms with E-state index in [2.05, 4.69) is 5.32 Å². The molecule has 0 aliphatic heterocycles. The highest BCUT2D eigenvalue weighted by atomic mass is 16.6. The molecule has 13 nitrogen and oxygen atoms in total. The fourth-order valence-electron chi connectivity index (χ4n) is 5.99. The van der Waals surface area contributed by atoms with Crippen molar-refractivity contribution in [3.63, 3.8) is 0 Å². The molecule has 1 fully saturated rings. The van der Waals surface area contributed by atoms with Gasteiger partial charge in [0.05, 0.1) is 0 Å². The van der Waals surface area contributed by atoms with E-state index in [-0.39, 0.29) is 24.5 Å². The van der Waals surface area contributed by atoms with E-state index >= 15 is 0 Å². The molecule has 0 amide bonds. The molecule has 4 rings (SSSR count). The molecule has 1 aliphatic carbocycles. The number of phenols is 4. The zero-order chi connectivity index (χ0) is 35.9. The lowest BCUT2D eigenvalue weighted by atomic mass is 9.63. The Labute approximate surface area is 282 Å². The predicted octanol–water partition coefficient (Wildman–Crippen LogP) is 2.65. The van der Waals surface area contributed by atoms with Crippen LogP contribution in [0.15, 0.2) is 72.8 Å². The Bertz CT molecular complexity index is 1750. The maximum absolute atomic E-state index is 13.4. The number of carbonyl (C=O) groups excluding carboxylic acids is 2. The molecule has 0 unspecified atom stereocenters. The van der Waals surface area contributed by atoms with Crippen molar-refractivity contribution in [3.8, 4) is 23.0 Å². The molecule has 5 atom stereocenters. The number of nitrogens with one attached hydrogen (secondary N) is 1.